The van der Waals surface area contributed by atoms with Gasteiger partial charge in [0.25, 0.3) is 0 Å². The molecular formula is C20H29F3N2O4S. The van der Waals surface area contributed by atoms with E-state index in [4.69, 9.17) is 4.74 Å². The summed E-state index contributed by atoms with van der Waals surface area (Å²) in [6.45, 7) is 1.26. The van der Waals surface area contributed by atoms with Gasteiger partial charge in [0.15, 0.2) is 0 Å². The van der Waals surface area contributed by atoms with E-state index >= 15 is 0 Å². The molecule has 1 aromatic rings. The molecule has 3 rings (SSSR count). The Kier molecular flexibility index (Phi) is 7.65. The van der Waals surface area contributed by atoms with Crippen LogP contribution in [0.4, 0.5) is 13.2 Å². The van der Waals surface area contributed by atoms with Gasteiger partial charge < -0.3 is 14.8 Å². The lowest BCUT2D eigenvalue weighted by atomic mass is 9.82. The van der Waals surface area contributed by atoms with Crippen molar-refractivity contribution in [2.75, 3.05) is 19.4 Å². The van der Waals surface area contributed by atoms with Crippen LogP contribution in [0.1, 0.15) is 50.0 Å². The summed E-state index contributed by atoms with van der Waals surface area (Å²) >= 11 is 0. The molecule has 1 aliphatic carbocycles. The summed E-state index contributed by atoms with van der Waals surface area (Å²) in [6, 6.07) is 5.95. The molecule has 2 N–H and O–H groups in total. The van der Waals surface area contributed by atoms with Gasteiger partial charge in [0.1, 0.15) is 5.75 Å². The van der Waals surface area contributed by atoms with Crippen molar-refractivity contribution < 1.29 is 31.1 Å². The average Bonchev–Trinajstić information content (AvgIpc) is 2.65. The SMILES string of the molecule is CS(=O)(=O)N[C@H]1CCCN[C@H]1CO[C@H]1CC[C@@H](c2cccc(OC(F)(F)F)c2)CC1. The number of sulfonamides is 1. The van der Waals surface area contributed by atoms with Crippen molar-refractivity contribution in [1.29, 1.82) is 0 Å². The van der Waals surface area contributed by atoms with Crippen LogP contribution in [0.15, 0.2) is 24.3 Å². The Bertz CT molecular complexity index is 795. The molecule has 0 radical (unpaired) electrons. The van der Waals surface area contributed by atoms with Crippen molar-refractivity contribution in [2.24, 2.45) is 0 Å². The van der Waals surface area contributed by atoms with E-state index in [9.17, 15) is 21.6 Å². The number of benzene rings is 1. The van der Waals surface area contributed by atoms with Gasteiger partial charge in [0.05, 0.1) is 19.0 Å². The maximum absolute atomic E-state index is 12.4. The average molecular weight is 451 g/mol. The van der Waals surface area contributed by atoms with E-state index in [1.807, 2.05) is 6.07 Å². The molecule has 10 heteroatoms. The lowest BCUT2D eigenvalue weighted by Gasteiger charge is -2.35. The Hall–Kier alpha value is -1.36. The van der Waals surface area contributed by atoms with Crippen molar-refractivity contribution in [3.8, 4) is 5.75 Å². The zero-order valence-corrected chi connectivity index (χ0v) is 17.8. The minimum atomic E-state index is -4.69. The van der Waals surface area contributed by atoms with E-state index in [0.29, 0.717) is 6.61 Å². The van der Waals surface area contributed by atoms with Crippen LogP contribution in [0, 0.1) is 0 Å². The van der Waals surface area contributed by atoms with Crippen LogP contribution in [0.5, 0.6) is 5.75 Å². The molecule has 30 heavy (non-hydrogen) atoms. The molecule has 1 aromatic carbocycles. The fraction of sp³-hybridized carbons (Fsp3) is 0.700. The molecule has 0 aromatic heterocycles. The molecule has 0 amide bonds. The zero-order valence-electron chi connectivity index (χ0n) is 17.0. The molecule has 0 spiro atoms. The normalized spacial score (nSPS) is 28.3. The molecule has 2 atom stereocenters. The molecular weight excluding hydrogens is 421 g/mol. The van der Waals surface area contributed by atoms with Gasteiger partial charge in [0, 0.05) is 12.1 Å². The topological polar surface area (TPSA) is 76.7 Å². The predicted octanol–water partition coefficient (Wildman–Crippen LogP) is 3.30. The van der Waals surface area contributed by atoms with Crippen LogP contribution in [0.2, 0.25) is 0 Å². The Morgan fingerprint density at radius 3 is 2.57 bits per heavy atom. The van der Waals surface area contributed by atoms with E-state index in [1.165, 1.54) is 12.1 Å². The quantitative estimate of drug-likeness (QED) is 0.667. The van der Waals surface area contributed by atoms with Crippen LogP contribution in [-0.2, 0) is 14.8 Å². The second-order valence-electron chi connectivity index (χ2n) is 8.13. The highest BCUT2D eigenvalue weighted by Gasteiger charge is 2.32. The maximum Gasteiger partial charge on any atom is 0.573 e. The van der Waals surface area contributed by atoms with Gasteiger partial charge in [-0.15, -0.1) is 13.2 Å². The van der Waals surface area contributed by atoms with Crippen LogP contribution in [-0.4, -0.2) is 52.4 Å². The van der Waals surface area contributed by atoms with Crippen molar-refractivity contribution in [3.05, 3.63) is 29.8 Å². The number of rotatable bonds is 7. The van der Waals surface area contributed by atoms with E-state index in [1.54, 1.807) is 6.07 Å². The fourth-order valence-electron chi connectivity index (χ4n) is 4.31. The van der Waals surface area contributed by atoms with Crippen LogP contribution < -0.4 is 14.8 Å². The smallest absolute Gasteiger partial charge is 0.406 e. The number of halogens is 3. The molecule has 0 unspecified atom stereocenters. The first-order valence-electron chi connectivity index (χ1n) is 10.3. The van der Waals surface area contributed by atoms with Gasteiger partial charge in [-0.3, -0.25) is 0 Å². The number of nitrogens with one attached hydrogen (secondary N) is 2. The molecule has 1 heterocycles. The van der Waals surface area contributed by atoms with Crippen LogP contribution in [0.25, 0.3) is 0 Å². The number of hydrogen-bond acceptors (Lipinski definition) is 5. The number of ether oxygens (including phenoxy) is 2. The molecule has 1 aliphatic heterocycles. The van der Waals surface area contributed by atoms with Crippen molar-refractivity contribution >= 4 is 10.0 Å². The van der Waals surface area contributed by atoms with Gasteiger partial charge in [-0.1, -0.05) is 12.1 Å². The van der Waals surface area contributed by atoms with E-state index < -0.39 is 16.4 Å². The molecule has 1 saturated heterocycles. The van der Waals surface area contributed by atoms with Crippen molar-refractivity contribution in [1.82, 2.24) is 10.0 Å². The number of piperidine rings is 1. The first kappa shape index (κ1) is 23.3. The number of alkyl halides is 3. The zero-order chi connectivity index (χ0) is 21.8. The second kappa shape index (κ2) is 9.84. The fourth-order valence-corrected chi connectivity index (χ4v) is 5.14. The summed E-state index contributed by atoms with van der Waals surface area (Å²) in [6.07, 6.45) is 1.49. The summed E-state index contributed by atoms with van der Waals surface area (Å²) < 4.78 is 73.2. The molecule has 1 saturated carbocycles. The number of hydrogen-bond donors (Lipinski definition) is 2. The Morgan fingerprint density at radius 1 is 1.17 bits per heavy atom. The van der Waals surface area contributed by atoms with Crippen molar-refractivity contribution in [3.63, 3.8) is 0 Å². The Labute approximate surface area is 175 Å². The molecule has 170 valence electrons. The van der Waals surface area contributed by atoms with Crippen molar-refractivity contribution in [2.45, 2.75) is 69.0 Å². The lowest BCUT2D eigenvalue weighted by Crippen LogP contribution is -2.55. The van der Waals surface area contributed by atoms with Gasteiger partial charge in [-0.2, -0.15) is 0 Å². The summed E-state index contributed by atoms with van der Waals surface area (Å²) in [5, 5.41) is 3.33. The minimum absolute atomic E-state index is 0.0672. The maximum atomic E-state index is 12.4. The first-order valence-corrected chi connectivity index (χ1v) is 12.2. The second-order valence-corrected chi connectivity index (χ2v) is 9.91. The highest BCUT2D eigenvalue weighted by Crippen LogP contribution is 2.36. The third-order valence-electron chi connectivity index (χ3n) is 5.70. The highest BCUT2D eigenvalue weighted by atomic mass is 32.2. The monoisotopic (exact) mass is 450 g/mol. The van der Waals surface area contributed by atoms with E-state index in [-0.39, 0.29) is 29.9 Å². The predicted molar refractivity (Wildman–Crippen MR) is 107 cm³/mol. The molecule has 6 nitrogen and oxygen atoms in total. The summed E-state index contributed by atoms with van der Waals surface area (Å²) in [7, 11) is -3.28. The van der Waals surface area contributed by atoms with Gasteiger partial charge >= 0.3 is 6.36 Å². The van der Waals surface area contributed by atoms with E-state index in [0.717, 1.165) is 56.9 Å². The Morgan fingerprint density at radius 2 is 1.90 bits per heavy atom. The van der Waals surface area contributed by atoms with Gasteiger partial charge in [-0.25, -0.2) is 13.1 Å². The first-order chi connectivity index (χ1) is 14.1. The standard InChI is InChI=1S/C20H29F3N2O4S/c1-30(26,27)25-18-6-3-11-24-19(18)13-28-16-9-7-14(8-10-16)15-4-2-5-17(12-15)29-20(21,22)23/h2,4-5,12,14,16,18-19,24-25H,3,6-11,13H2,1H3/t14-,16+,18-,19-/m0/s1. The third kappa shape index (κ3) is 7.40. The Balaban J connectivity index is 1.48. The molecule has 0 bridgehead atoms. The van der Waals surface area contributed by atoms with E-state index in [2.05, 4.69) is 14.8 Å². The summed E-state index contributed by atoms with van der Waals surface area (Å²) in [4.78, 5) is 0. The summed E-state index contributed by atoms with van der Waals surface area (Å²) in [5.41, 5.74) is 0.849. The van der Waals surface area contributed by atoms with Gasteiger partial charge in [0.2, 0.25) is 10.0 Å². The molecule has 2 aliphatic rings. The third-order valence-corrected chi connectivity index (χ3v) is 6.43. The lowest BCUT2D eigenvalue weighted by molar-refractivity contribution is -0.274. The van der Waals surface area contributed by atoms with Crippen LogP contribution >= 0.6 is 0 Å². The summed E-state index contributed by atoms with van der Waals surface area (Å²) in [5.74, 6) is -0.0137. The minimum Gasteiger partial charge on any atom is -0.406 e. The largest absolute Gasteiger partial charge is 0.573 e. The van der Waals surface area contributed by atoms with Gasteiger partial charge in [-0.05, 0) is 68.7 Å². The van der Waals surface area contributed by atoms with Crippen LogP contribution in [0.3, 0.4) is 0 Å². The molecule has 2 fully saturated rings. The highest BCUT2D eigenvalue weighted by molar-refractivity contribution is 7.88.